The lowest BCUT2D eigenvalue weighted by Crippen LogP contribution is -2.19. The standard InChI is InChI=1S/C32H29FN2O4S/c1-4-20-13-14-24-27(15-20)34-32-30(24)31(36)26-18-29(39-19(2)3)25(21-9-8-12-23(16-21)40(33,37)38)17-28(26)35(32)22-10-6-5-7-11-22/h1,8-9,12-19,22,34H,5-7,10-11H2,2-3H3. The highest BCUT2D eigenvalue weighted by Crippen LogP contribution is 2.40. The zero-order chi connectivity index (χ0) is 28.2. The van der Waals surface area contributed by atoms with Crippen LogP contribution in [-0.4, -0.2) is 24.1 Å². The number of halogens is 1. The maximum atomic E-state index is 14.2. The van der Waals surface area contributed by atoms with Gasteiger partial charge in [-0.2, -0.15) is 8.42 Å². The van der Waals surface area contributed by atoms with Gasteiger partial charge in [0.15, 0.2) is 5.43 Å². The highest BCUT2D eigenvalue weighted by atomic mass is 32.3. The van der Waals surface area contributed by atoms with Gasteiger partial charge in [-0.05, 0) is 68.7 Å². The van der Waals surface area contributed by atoms with Crippen LogP contribution in [-0.2, 0) is 10.2 Å². The van der Waals surface area contributed by atoms with Gasteiger partial charge in [0, 0.05) is 28.1 Å². The zero-order valence-electron chi connectivity index (χ0n) is 22.3. The van der Waals surface area contributed by atoms with E-state index in [4.69, 9.17) is 11.2 Å². The third-order valence-corrected chi connectivity index (χ3v) is 8.56. The number of pyridine rings is 1. The van der Waals surface area contributed by atoms with Crippen LogP contribution in [0.4, 0.5) is 3.89 Å². The van der Waals surface area contributed by atoms with E-state index in [0.29, 0.717) is 33.2 Å². The van der Waals surface area contributed by atoms with Crippen LogP contribution in [0.1, 0.15) is 57.6 Å². The number of hydrogen-bond acceptors (Lipinski definition) is 4. The Morgan fingerprint density at radius 1 is 1.05 bits per heavy atom. The summed E-state index contributed by atoms with van der Waals surface area (Å²) in [7, 11) is -4.91. The molecule has 6 nitrogen and oxygen atoms in total. The molecule has 1 saturated carbocycles. The van der Waals surface area contributed by atoms with Crippen LogP contribution in [0.2, 0.25) is 0 Å². The number of rotatable bonds is 5. The van der Waals surface area contributed by atoms with Gasteiger partial charge in [-0.1, -0.05) is 43.4 Å². The minimum Gasteiger partial charge on any atom is -0.490 e. The van der Waals surface area contributed by atoms with Crippen molar-refractivity contribution < 1.29 is 17.0 Å². The van der Waals surface area contributed by atoms with E-state index in [1.54, 1.807) is 12.1 Å². The monoisotopic (exact) mass is 556 g/mol. The third kappa shape index (κ3) is 4.44. The smallest absolute Gasteiger partial charge is 0.332 e. The molecular formula is C32H29FN2O4S. The van der Waals surface area contributed by atoms with Crippen molar-refractivity contribution >= 4 is 43.1 Å². The predicted molar refractivity (Wildman–Crippen MR) is 157 cm³/mol. The van der Waals surface area contributed by atoms with Crippen molar-refractivity contribution in [3.63, 3.8) is 0 Å². The second kappa shape index (κ2) is 9.83. The quantitative estimate of drug-likeness (QED) is 0.183. The SMILES string of the molecule is C#Cc1ccc2c(c1)[nH]c1c2c(=O)c2cc(OC(C)C)c(-c3cccc(S(=O)(=O)F)c3)cc2n1C1CCCCC1. The highest BCUT2D eigenvalue weighted by Gasteiger charge is 2.25. The van der Waals surface area contributed by atoms with Gasteiger partial charge in [-0.3, -0.25) is 4.79 Å². The fraction of sp³-hybridized carbons (Fsp3) is 0.281. The molecule has 0 saturated heterocycles. The summed E-state index contributed by atoms with van der Waals surface area (Å²) in [5.41, 5.74) is 3.90. The zero-order valence-corrected chi connectivity index (χ0v) is 23.1. The van der Waals surface area contributed by atoms with Gasteiger partial charge in [0.2, 0.25) is 0 Å². The highest BCUT2D eigenvalue weighted by molar-refractivity contribution is 7.86. The molecule has 0 unspecified atom stereocenters. The fourth-order valence-corrected chi connectivity index (χ4v) is 6.51. The number of benzene rings is 3. The molecule has 0 amide bonds. The lowest BCUT2D eigenvalue weighted by molar-refractivity contribution is 0.244. The van der Waals surface area contributed by atoms with Crippen LogP contribution < -0.4 is 10.2 Å². The maximum absolute atomic E-state index is 14.2. The van der Waals surface area contributed by atoms with Gasteiger partial charge < -0.3 is 14.3 Å². The van der Waals surface area contributed by atoms with Gasteiger partial charge in [0.05, 0.1) is 27.3 Å². The van der Waals surface area contributed by atoms with E-state index in [-0.39, 0.29) is 17.6 Å². The molecule has 2 heterocycles. The predicted octanol–water partition coefficient (Wildman–Crippen LogP) is 7.23. The first-order valence-corrected chi connectivity index (χ1v) is 14.9. The molecule has 0 spiro atoms. The Bertz CT molecular complexity index is 2010. The number of H-pyrrole nitrogens is 1. The summed E-state index contributed by atoms with van der Waals surface area (Å²) in [6, 6.07) is 15.1. The lowest BCUT2D eigenvalue weighted by atomic mass is 9.93. The van der Waals surface area contributed by atoms with Gasteiger partial charge >= 0.3 is 10.2 Å². The van der Waals surface area contributed by atoms with E-state index in [1.807, 2.05) is 38.1 Å². The molecule has 0 bridgehead atoms. The average molecular weight is 557 g/mol. The van der Waals surface area contributed by atoms with Gasteiger partial charge in [-0.25, -0.2) is 0 Å². The molecule has 1 aliphatic rings. The minimum absolute atomic E-state index is 0.128. The van der Waals surface area contributed by atoms with Crippen molar-refractivity contribution in [2.75, 3.05) is 0 Å². The van der Waals surface area contributed by atoms with Gasteiger partial charge in [-0.15, -0.1) is 10.3 Å². The molecule has 0 radical (unpaired) electrons. The summed E-state index contributed by atoms with van der Waals surface area (Å²) >= 11 is 0. The fourth-order valence-electron chi connectivity index (χ4n) is 6.00. The van der Waals surface area contributed by atoms with Crippen LogP contribution in [0.3, 0.4) is 0 Å². The van der Waals surface area contributed by atoms with Crippen LogP contribution in [0, 0.1) is 12.3 Å². The van der Waals surface area contributed by atoms with Crippen LogP contribution in [0.5, 0.6) is 5.75 Å². The lowest BCUT2D eigenvalue weighted by Gasteiger charge is -2.28. The molecule has 0 aliphatic heterocycles. The Balaban J connectivity index is 1.75. The molecule has 0 atom stereocenters. The summed E-state index contributed by atoms with van der Waals surface area (Å²) in [6.07, 6.45) is 10.7. The van der Waals surface area contributed by atoms with E-state index in [9.17, 15) is 17.1 Å². The first-order chi connectivity index (χ1) is 19.2. The van der Waals surface area contributed by atoms with Crippen molar-refractivity contribution in [1.82, 2.24) is 9.55 Å². The molecule has 1 fully saturated rings. The summed E-state index contributed by atoms with van der Waals surface area (Å²) < 4.78 is 45.8. The topological polar surface area (TPSA) is 81.2 Å². The summed E-state index contributed by atoms with van der Waals surface area (Å²) in [5.74, 6) is 3.09. The Labute approximate surface area is 232 Å². The summed E-state index contributed by atoms with van der Waals surface area (Å²) in [5, 5.41) is 1.92. The number of terminal acetylenes is 1. The molecule has 1 N–H and O–H groups in total. The minimum atomic E-state index is -4.91. The number of aromatic amines is 1. The molecule has 2 aromatic heterocycles. The van der Waals surface area contributed by atoms with Crippen molar-refractivity contribution in [2.45, 2.75) is 63.0 Å². The molecule has 3 aromatic carbocycles. The van der Waals surface area contributed by atoms with Crippen molar-refractivity contribution in [3.8, 4) is 29.2 Å². The summed E-state index contributed by atoms with van der Waals surface area (Å²) in [4.78, 5) is 17.2. The van der Waals surface area contributed by atoms with Crippen molar-refractivity contribution in [3.05, 3.63) is 70.4 Å². The molecule has 204 valence electrons. The number of fused-ring (bicyclic) bond motifs is 4. The number of hydrogen-bond donors (Lipinski definition) is 1. The largest absolute Gasteiger partial charge is 0.490 e. The number of aromatic nitrogens is 2. The Kier molecular flexibility index (Phi) is 6.42. The molecule has 40 heavy (non-hydrogen) atoms. The molecule has 5 aromatic rings. The first kappa shape index (κ1) is 26.1. The normalized spacial score (nSPS) is 14.8. The molecule has 6 rings (SSSR count). The number of ether oxygens (including phenoxy) is 1. The average Bonchev–Trinajstić information content (AvgIpc) is 3.31. The van der Waals surface area contributed by atoms with E-state index in [1.165, 1.54) is 18.2 Å². The third-order valence-electron chi connectivity index (χ3n) is 7.74. The van der Waals surface area contributed by atoms with Crippen LogP contribution in [0.15, 0.2) is 64.3 Å². The van der Waals surface area contributed by atoms with Crippen LogP contribution >= 0.6 is 0 Å². The number of nitrogens with one attached hydrogen (secondary N) is 1. The van der Waals surface area contributed by atoms with Crippen LogP contribution in [0.25, 0.3) is 44.0 Å². The van der Waals surface area contributed by atoms with E-state index < -0.39 is 15.1 Å². The second-order valence-corrected chi connectivity index (χ2v) is 12.1. The van der Waals surface area contributed by atoms with E-state index in [0.717, 1.165) is 54.2 Å². The first-order valence-electron chi connectivity index (χ1n) is 13.5. The van der Waals surface area contributed by atoms with E-state index in [2.05, 4.69) is 15.5 Å². The number of nitrogens with zero attached hydrogens (tertiary/aromatic N) is 1. The summed E-state index contributed by atoms with van der Waals surface area (Å²) in [6.45, 7) is 3.76. The Morgan fingerprint density at radius 2 is 1.82 bits per heavy atom. The maximum Gasteiger partial charge on any atom is 0.332 e. The Hall–Kier alpha value is -4.09. The Morgan fingerprint density at radius 3 is 2.52 bits per heavy atom. The molecular weight excluding hydrogens is 527 g/mol. The van der Waals surface area contributed by atoms with Gasteiger partial charge in [0.25, 0.3) is 0 Å². The van der Waals surface area contributed by atoms with Crippen molar-refractivity contribution in [2.24, 2.45) is 0 Å². The molecule has 8 heteroatoms. The van der Waals surface area contributed by atoms with E-state index >= 15 is 0 Å². The van der Waals surface area contributed by atoms with Crippen molar-refractivity contribution in [1.29, 1.82) is 0 Å². The van der Waals surface area contributed by atoms with Gasteiger partial charge in [0.1, 0.15) is 11.4 Å². The molecule has 1 aliphatic carbocycles. The second-order valence-electron chi connectivity index (χ2n) is 10.7.